The molecule has 2 aromatic carbocycles. The highest BCUT2D eigenvalue weighted by Gasteiger charge is 2.11. The van der Waals surface area contributed by atoms with Gasteiger partial charge in [-0.2, -0.15) is 0 Å². The summed E-state index contributed by atoms with van der Waals surface area (Å²) in [6.07, 6.45) is 1.49. The number of aromatic nitrogens is 1. The smallest absolute Gasteiger partial charge is 0.236 e. The first-order chi connectivity index (χ1) is 11.6. The number of nitrogens with one attached hydrogen (secondary N) is 2. The van der Waals surface area contributed by atoms with Gasteiger partial charge in [0.15, 0.2) is 0 Å². The molecule has 3 aromatic rings. The lowest BCUT2D eigenvalue weighted by Gasteiger charge is -2.09. The second kappa shape index (κ2) is 7.14. The summed E-state index contributed by atoms with van der Waals surface area (Å²) in [6.45, 7) is 0. The van der Waals surface area contributed by atoms with Gasteiger partial charge in [-0.1, -0.05) is 48.5 Å². The fourth-order valence-corrected chi connectivity index (χ4v) is 3.39. The second-order valence-corrected chi connectivity index (χ2v) is 6.99. The molecule has 1 heterocycles. The van der Waals surface area contributed by atoms with Crippen molar-refractivity contribution in [1.29, 1.82) is 0 Å². The first kappa shape index (κ1) is 16.0. The van der Waals surface area contributed by atoms with Gasteiger partial charge in [-0.25, -0.2) is 13.4 Å². The van der Waals surface area contributed by atoms with Crippen LogP contribution in [-0.4, -0.2) is 13.4 Å². The summed E-state index contributed by atoms with van der Waals surface area (Å²) in [5, 5.41) is 3.15. The molecule has 0 saturated carbocycles. The molecule has 1 aromatic heterocycles. The van der Waals surface area contributed by atoms with Crippen LogP contribution in [0.15, 0.2) is 79.0 Å². The highest BCUT2D eigenvalue weighted by molar-refractivity contribution is 7.91. The number of para-hydroxylation sites is 1. The fraction of sp³-hybridized carbons (Fsp3) is 0.0556. The zero-order valence-electron chi connectivity index (χ0n) is 12.9. The molecule has 0 aliphatic carbocycles. The number of hydrogen-bond donors (Lipinski definition) is 2. The predicted molar refractivity (Wildman–Crippen MR) is 96.7 cm³/mol. The summed E-state index contributed by atoms with van der Waals surface area (Å²) in [7, 11) is -3.47. The molecular weight excluding hydrogens is 322 g/mol. The first-order valence-corrected chi connectivity index (χ1v) is 9.08. The van der Waals surface area contributed by atoms with Crippen molar-refractivity contribution in [3.05, 3.63) is 84.6 Å². The van der Waals surface area contributed by atoms with E-state index in [4.69, 9.17) is 0 Å². The van der Waals surface area contributed by atoms with E-state index in [0.717, 1.165) is 11.3 Å². The SMILES string of the molecule is O=S(=O)(Cc1ccccc1)Nc1ccc(Nc2ccccc2)nc1. The van der Waals surface area contributed by atoms with E-state index in [1.54, 1.807) is 24.3 Å². The summed E-state index contributed by atoms with van der Waals surface area (Å²) in [6, 6.07) is 22.1. The van der Waals surface area contributed by atoms with Gasteiger partial charge >= 0.3 is 0 Å². The average molecular weight is 339 g/mol. The second-order valence-electron chi connectivity index (χ2n) is 5.27. The van der Waals surface area contributed by atoms with E-state index in [9.17, 15) is 8.42 Å². The van der Waals surface area contributed by atoms with E-state index in [1.165, 1.54) is 6.20 Å². The molecule has 2 N–H and O–H groups in total. The van der Waals surface area contributed by atoms with Gasteiger partial charge in [0.25, 0.3) is 0 Å². The lowest BCUT2D eigenvalue weighted by molar-refractivity contribution is 0.600. The molecule has 0 aliphatic rings. The minimum absolute atomic E-state index is 0.0716. The third-order valence-electron chi connectivity index (χ3n) is 3.28. The van der Waals surface area contributed by atoms with Gasteiger partial charge in [-0.15, -0.1) is 0 Å². The minimum Gasteiger partial charge on any atom is -0.340 e. The molecule has 0 amide bonds. The summed E-state index contributed by atoms with van der Waals surface area (Å²) in [5.41, 5.74) is 2.09. The van der Waals surface area contributed by atoms with Crippen LogP contribution in [0.3, 0.4) is 0 Å². The van der Waals surface area contributed by atoms with Crippen LogP contribution in [0.25, 0.3) is 0 Å². The van der Waals surface area contributed by atoms with Gasteiger partial charge in [-0.05, 0) is 29.8 Å². The molecule has 0 radical (unpaired) electrons. The fourth-order valence-electron chi connectivity index (χ4n) is 2.21. The number of anilines is 3. The van der Waals surface area contributed by atoms with Crippen molar-refractivity contribution < 1.29 is 8.42 Å². The largest absolute Gasteiger partial charge is 0.340 e. The van der Waals surface area contributed by atoms with Crippen LogP contribution in [0, 0.1) is 0 Å². The Morgan fingerprint density at radius 3 is 2.08 bits per heavy atom. The highest BCUT2D eigenvalue weighted by atomic mass is 32.2. The van der Waals surface area contributed by atoms with Gasteiger partial charge in [0.05, 0.1) is 17.6 Å². The number of nitrogens with zero attached hydrogens (tertiary/aromatic N) is 1. The van der Waals surface area contributed by atoms with Crippen molar-refractivity contribution in [2.45, 2.75) is 5.75 Å². The summed E-state index contributed by atoms with van der Waals surface area (Å²) in [5.74, 6) is 0.574. The van der Waals surface area contributed by atoms with E-state index in [1.807, 2.05) is 48.5 Å². The maximum Gasteiger partial charge on any atom is 0.236 e. The maximum absolute atomic E-state index is 12.2. The Balaban J connectivity index is 1.65. The molecule has 0 aliphatic heterocycles. The molecule has 122 valence electrons. The Morgan fingerprint density at radius 1 is 0.792 bits per heavy atom. The molecule has 6 heteroatoms. The Kier molecular flexibility index (Phi) is 4.77. The normalized spacial score (nSPS) is 11.0. The molecule has 0 spiro atoms. The minimum atomic E-state index is -3.47. The van der Waals surface area contributed by atoms with Crippen LogP contribution in [0.4, 0.5) is 17.2 Å². The average Bonchev–Trinajstić information content (AvgIpc) is 2.58. The number of sulfonamides is 1. The van der Waals surface area contributed by atoms with Crippen LogP contribution in [0.1, 0.15) is 5.56 Å². The molecule has 0 saturated heterocycles. The van der Waals surface area contributed by atoms with Gasteiger partial charge in [0, 0.05) is 5.69 Å². The molecule has 0 unspecified atom stereocenters. The van der Waals surface area contributed by atoms with Crippen LogP contribution in [-0.2, 0) is 15.8 Å². The van der Waals surface area contributed by atoms with Gasteiger partial charge < -0.3 is 5.32 Å². The number of benzene rings is 2. The third kappa shape index (κ3) is 4.57. The Labute approximate surface area is 141 Å². The molecule has 0 bridgehead atoms. The lowest BCUT2D eigenvalue weighted by atomic mass is 10.2. The summed E-state index contributed by atoms with van der Waals surface area (Å²) in [4.78, 5) is 4.23. The summed E-state index contributed by atoms with van der Waals surface area (Å²) < 4.78 is 26.9. The molecule has 24 heavy (non-hydrogen) atoms. The van der Waals surface area contributed by atoms with Crippen molar-refractivity contribution in [2.24, 2.45) is 0 Å². The molecular formula is C18H17N3O2S. The van der Waals surface area contributed by atoms with E-state index in [-0.39, 0.29) is 5.75 Å². The maximum atomic E-state index is 12.2. The van der Waals surface area contributed by atoms with Crippen LogP contribution < -0.4 is 10.0 Å². The third-order valence-corrected chi connectivity index (χ3v) is 4.54. The Bertz CT molecular complexity index is 881. The zero-order valence-corrected chi connectivity index (χ0v) is 13.7. The van der Waals surface area contributed by atoms with Crippen molar-refractivity contribution in [1.82, 2.24) is 4.98 Å². The van der Waals surface area contributed by atoms with Crippen LogP contribution in [0.5, 0.6) is 0 Å². The number of hydrogen-bond acceptors (Lipinski definition) is 4. The highest BCUT2D eigenvalue weighted by Crippen LogP contribution is 2.17. The number of pyridine rings is 1. The topological polar surface area (TPSA) is 71.1 Å². The van der Waals surface area contributed by atoms with Gasteiger partial charge in [0.1, 0.15) is 5.82 Å². The van der Waals surface area contributed by atoms with E-state index in [0.29, 0.717) is 11.5 Å². The summed E-state index contributed by atoms with van der Waals surface area (Å²) >= 11 is 0. The van der Waals surface area contributed by atoms with Gasteiger partial charge in [-0.3, -0.25) is 4.72 Å². The quantitative estimate of drug-likeness (QED) is 0.717. The lowest BCUT2D eigenvalue weighted by Crippen LogP contribution is -2.15. The molecule has 0 atom stereocenters. The Hall–Kier alpha value is -2.86. The van der Waals surface area contributed by atoms with Crippen molar-refractivity contribution in [2.75, 3.05) is 10.0 Å². The Morgan fingerprint density at radius 2 is 1.46 bits per heavy atom. The zero-order chi connectivity index (χ0) is 16.8. The standard InChI is InChI=1S/C18H17N3O2S/c22-24(23,14-15-7-3-1-4-8-15)21-17-11-12-18(19-13-17)20-16-9-5-2-6-10-16/h1-13,21H,14H2,(H,19,20). The van der Waals surface area contributed by atoms with Crippen molar-refractivity contribution in [3.8, 4) is 0 Å². The van der Waals surface area contributed by atoms with Crippen molar-refractivity contribution in [3.63, 3.8) is 0 Å². The molecule has 5 nitrogen and oxygen atoms in total. The predicted octanol–water partition coefficient (Wildman–Crippen LogP) is 3.77. The van der Waals surface area contributed by atoms with Crippen LogP contribution in [0.2, 0.25) is 0 Å². The number of rotatable bonds is 6. The monoisotopic (exact) mass is 339 g/mol. The van der Waals surface area contributed by atoms with Crippen LogP contribution >= 0.6 is 0 Å². The van der Waals surface area contributed by atoms with E-state index in [2.05, 4.69) is 15.0 Å². The molecule has 3 rings (SSSR count). The molecule has 0 fully saturated rings. The van der Waals surface area contributed by atoms with Crippen molar-refractivity contribution >= 4 is 27.2 Å². The first-order valence-electron chi connectivity index (χ1n) is 7.43. The van der Waals surface area contributed by atoms with E-state index < -0.39 is 10.0 Å². The van der Waals surface area contributed by atoms with Gasteiger partial charge in [0.2, 0.25) is 10.0 Å². The van der Waals surface area contributed by atoms with E-state index >= 15 is 0 Å².